The molecule has 0 N–H and O–H groups in total. The predicted octanol–water partition coefficient (Wildman–Crippen LogP) is 5.26. The topological polar surface area (TPSA) is 12.4 Å². The molecule has 0 radical (unpaired) electrons. The first-order chi connectivity index (χ1) is 10.4. The van der Waals surface area contributed by atoms with Crippen LogP contribution in [0.15, 0.2) is 84.0 Å². The van der Waals surface area contributed by atoms with E-state index in [9.17, 15) is 0 Å². The number of nitrogens with zero attached hydrogens (tertiary/aromatic N) is 1. The van der Waals surface area contributed by atoms with Crippen LogP contribution in [0.2, 0.25) is 0 Å². The summed E-state index contributed by atoms with van der Waals surface area (Å²) in [6.07, 6.45) is 8.94. The highest BCUT2D eigenvalue weighted by Gasteiger charge is 2.10. The van der Waals surface area contributed by atoms with Crippen LogP contribution < -0.4 is 0 Å². The fourth-order valence-electron chi connectivity index (χ4n) is 2.97. The molecule has 0 amide bonds. The normalized spacial score (nSPS) is 14.4. The van der Waals surface area contributed by atoms with Crippen LogP contribution in [0.5, 0.6) is 0 Å². The molecule has 0 saturated heterocycles. The minimum Gasteiger partial charge on any atom is -0.260 e. The summed E-state index contributed by atoms with van der Waals surface area (Å²) in [6, 6.07) is 19.4. The molecule has 0 spiro atoms. The van der Waals surface area contributed by atoms with Gasteiger partial charge in [-0.05, 0) is 33.7 Å². The Hall–Kier alpha value is -2.67. The van der Waals surface area contributed by atoms with Crippen LogP contribution in [0.3, 0.4) is 0 Å². The van der Waals surface area contributed by atoms with Gasteiger partial charge < -0.3 is 0 Å². The Balaban J connectivity index is 2.09. The molecule has 1 aliphatic heterocycles. The lowest BCUT2D eigenvalue weighted by molar-refractivity contribution is 1.43. The number of fused-ring (bicyclic) bond motifs is 3. The van der Waals surface area contributed by atoms with E-state index >= 15 is 0 Å². The molecule has 1 aliphatic rings. The minimum absolute atomic E-state index is 0.870. The SMILES string of the molecule is C1=CCC(c2cc3ccccc3c3ccccc23)=NC=C1. The number of benzene rings is 3. The third-order valence-electron chi connectivity index (χ3n) is 3.95. The lowest BCUT2D eigenvalue weighted by Crippen LogP contribution is -2.00. The van der Waals surface area contributed by atoms with E-state index in [-0.39, 0.29) is 0 Å². The molecule has 0 saturated carbocycles. The first kappa shape index (κ1) is 12.1. The lowest BCUT2D eigenvalue weighted by Gasteiger charge is -2.11. The first-order valence-electron chi connectivity index (χ1n) is 7.23. The number of hydrogen-bond acceptors (Lipinski definition) is 1. The highest BCUT2D eigenvalue weighted by Crippen LogP contribution is 2.29. The van der Waals surface area contributed by atoms with Gasteiger partial charge in [0.2, 0.25) is 0 Å². The second-order valence-corrected chi connectivity index (χ2v) is 5.24. The predicted molar refractivity (Wildman–Crippen MR) is 90.9 cm³/mol. The summed E-state index contributed by atoms with van der Waals surface area (Å²) in [6.45, 7) is 0. The van der Waals surface area contributed by atoms with Crippen LogP contribution in [-0.4, -0.2) is 5.71 Å². The summed E-state index contributed by atoms with van der Waals surface area (Å²) in [4.78, 5) is 4.62. The molecule has 0 aliphatic carbocycles. The molecule has 3 aromatic rings. The van der Waals surface area contributed by atoms with Crippen molar-refractivity contribution in [3.63, 3.8) is 0 Å². The van der Waals surface area contributed by atoms with Gasteiger partial charge in [0.05, 0.1) is 5.71 Å². The van der Waals surface area contributed by atoms with E-state index in [2.05, 4.69) is 71.7 Å². The second-order valence-electron chi connectivity index (χ2n) is 5.24. The van der Waals surface area contributed by atoms with Crippen molar-refractivity contribution in [2.45, 2.75) is 6.42 Å². The van der Waals surface area contributed by atoms with Crippen molar-refractivity contribution in [3.8, 4) is 0 Å². The Bertz CT molecular complexity index is 913. The highest BCUT2D eigenvalue weighted by molar-refractivity contribution is 6.19. The molecule has 3 aromatic carbocycles. The molecule has 0 atom stereocenters. The minimum atomic E-state index is 0.870. The third kappa shape index (κ3) is 2.07. The molecule has 21 heavy (non-hydrogen) atoms. The molecule has 0 bridgehead atoms. The Labute approximate surface area is 123 Å². The van der Waals surface area contributed by atoms with Crippen LogP contribution in [0.1, 0.15) is 12.0 Å². The van der Waals surface area contributed by atoms with Crippen molar-refractivity contribution in [1.29, 1.82) is 0 Å². The van der Waals surface area contributed by atoms with Crippen LogP contribution >= 0.6 is 0 Å². The summed E-state index contributed by atoms with van der Waals surface area (Å²) in [7, 11) is 0. The van der Waals surface area contributed by atoms with E-state index in [1.54, 1.807) is 0 Å². The van der Waals surface area contributed by atoms with Crippen LogP contribution in [0.25, 0.3) is 21.5 Å². The van der Waals surface area contributed by atoms with Crippen molar-refractivity contribution in [1.82, 2.24) is 0 Å². The zero-order chi connectivity index (χ0) is 14.1. The van der Waals surface area contributed by atoms with Crippen LogP contribution in [-0.2, 0) is 0 Å². The van der Waals surface area contributed by atoms with Gasteiger partial charge in [-0.3, -0.25) is 4.99 Å². The number of aliphatic imine (C=N–C) groups is 1. The first-order valence-corrected chi connectivity index (χ1v) is 7.23. The zero-order valence-electron chi connectivity index (χ0n) is 11.7. The molecule has 0 aromatic heterocycles. The van der Waals surface area contributed by atoms with Gasteiger partial charge >= 0.3 is 0 Å². The molecule has 1 nitrogen and oxygen atoms in total. The van der Waals surface area contributed by atoms with E-state index in [4.69, 9.17) is 0 Å². The largest absolute Gasteiger partial charge is 0.260 e. The third-order valence-corrected chi connectivity index (χ3v) is 3.95. The van der Waals surface area contributed by atoms with Crippen molar-refractivity contribution in [2.24, 2.45) is 4.99 Å². The molecule has 100 valence electrons. The maximum atomic E-state index is 4.62. The van der Waals surface area contributed by atoms with Crippen LogP contribution in [0, 0.1) is 0 Å². The second kappa shape index (κ2) is 5.02. The van der Waals surface area contributed by atoms with Gasteiger partial charge in [-0.2, -0.15) is 0 Å². The fraction of sp³-hybridized carbons (Fsp3) is 0.0500. The Morgan fingerprint density at radius 1 is 0.762 bits per heavy atom. The van der Waals surface area contributed by atoms with Gasteiger partial charge in [0, 0.05) is 18.2 Å². The maximum Gasteiger partial charge on any atom is 0.0520 e. The van der Waals surface area contributed by atoms with Crippen molar-refractivity contribution < 1.29 is 0 Å². The van der Waals surface area contributed by atoms with E-state index in [1.807, 2.05) is 12.3 Å². The Morgan fingerprint density at radius 3 is 2.43 bits per heavy atom. The summed E-state index contributed by atoms with van der Waals surface area (Å²) < 4.78 is 0. The lowest BCUT2D eigenvalue weighted by atomic mass is 9.94. The van der Waals surface area contributed by atoms with Gasteiger partial charge in [0.15, 0.2) is 0 Å². The number of allylic oxidation sites excluding steroid dienone is 3. The smallest absolute Gasteiger partial charge is 0.0520 e. The zero-order valence-corrected chi connectivity index (χ0v) is 11.7. The molecule has 1 heteroatoms. The quantitative estimate of drug-likeness (QED) is 0.535. The maximum absolute atomic E-state index is 4.62. The van der Waals surface area contributed by atoms with Gasteiger partial charge in [0.25, 0.3) is 0 Å². The summed E-state index contributed by atoms with van der Waals surface area (Å²) in [5.41, 5.74) is 2.36. The molecule has 0 fully saturated rings. The van der Waals surface area contributed by atoms with Crippen molar-refractivity contribution >= 4 is 27.3 Å². The summed E-state index contributed by atoms with van der Waals surface area (Å²) >= 11 is 0. The number of rotatable bonds is 1. The van der Waals surface area contributed by atoms with Gasteiger partial charge in [-0.15, -0.1) is 0 Å². The standard InChI is InChI=1S/C20H15N/c1-2-12-20(21-13-7-1)19-14-15-8-3-4-9-16(15)17-10-5-6-11-18(17)19/h1-11,13-14H,12H2. The Kier molecular flexibility index (Phi) is 2.89. The van der Waals surface area contributed by atoms with Gasteiger partial charge in [0.1, 0.15) is 0 Å². The highest BCUT2D eigenvalue weighted by atomic mass is 14.7. The summed E-state index contributed by atoms with van der Waals surface area (Å²) in [5.74, 6) is 0. The van der Waals surface area contributed by atoms with Gasteiger partial charge in [-0.25, -0.2) is 0 Å². The van der Waals surface area contributed by atoms with Crippen LogP contribution in [0.4, 0.5) is 0 Å². The summed E-state index contributed by atoms with van der Waals surface area (Å²) in [5, 5.41) is 5.15. The average molecular weight is 269 g/mol. The Morgan fingerprint density at radius 2 is 1.52 bits per heavy atom. The van der Waals surface area contributed by atoms with E-state index < -0.39 is 0 Å². The van der Waals surface area contributed by atoms with Crippen molar-refractivity contribution in [3.05, 3.63) is 84.6 Å². The van der Waals surface area contributed by atoms with E-state index in [0.29, 0.717) is 0 Å². The molecule has 4 rings (SSSR count). The van der Waals surface area contributed by atoms with E-state index in [0.717, 1.165) is 12.1 Å². The monoisotopic (exact) mass is 269 g/mol. The molecular weight excluding hydrogens is 254 g/mol. The van der Waals surface area contributed by atoms with E-state index in [1.165, 1.54) is 27.1 Å². The molecule has 0 unspecified atom stereocenters. The molecule has 1 heterocycles. The molecular formula is C20H15N. The van der Waals surface area contributed by atoms with Crippen molar-refractivity contribution in [2.75, 3.05) is 0 Å². The number of hydrogen-bond donors (Lipinski definition) is 0. The fourth-order valence-corrected chi connectivity index (χ4v) is 2.97. The van der Waals surface area contributed by atoms with Gasteiger partial charge in [-0.1, -0.05) is 60.7 Å². The average Bonchev–Trinajstić information content (AvgIpc) is 2.83.